The van der Waals surface area contributed by atoms with Crippen LogP contribution in [0.1, 0.15) is 0 Å². The minimum atomic E-state index is 1.28. The largest absolute Gasteiger partial charge is 0.134 e. The van der Waals surface area contributed by atoms with Crippen LogP contribution in [0, 0.1) is 0 Å². The number of rotatable bonds is 7. The highest BCUT2D eigenvalue weighted by Crippen LogP contribution is 2.52. The first-order chi connectivity index (χ1) is 24.8. The van der Waals surface area contributed by atoms with Crippen molar-refractivity contribution in [2.75, 3.05) is 0 Å². The van der Waals surface area contributed by atoms with Crippen molar-refractivity contribution in [3.05, 3.63) is 158 Å². The van der Waals surface area contributed by atoms with Gasteiger partial charge in [-0.25, -0.2) is 0 Å². The summed E-state index contributed by atoms with van der Waals surface area (Å²) < 4.78 is 0. The third-order valence-electron chi connectivity index (χ3n) is 8.92. The van der Waals surface area contributed by atoms with Crippen molar-refractivity contribution >= 4 is 89.6 Å². The van der Waals surface area contributed by atoms with E-state index in [2.05, 4.69) is 158 Å². The van der Waals surface area contributed by atoms with E-state index in [1.807, 2.05) is 68.0 Å². The van der Waals surface area contributed by atoms with Crippen LogP contribution in [0.15, 0.2) is 158 Å². The Morgan fingerprint density at radius 3 is 0.800 bits per heavy atom. The lowest BCUT2D eigenvalue weighted by Gasteiger charge is -1.96. The van der Waals surface area contributed by atoms with Crippen LogP contribution in [0.4, 0.5) is 0 Å². The number of thiophene rings is 6. The molecule has 0 amide bonds. The van der Waals surface area contributed by atoms with Gasteiger partial charge < -0.3 is 0 Å². The maximum absolute atomic E-state index is 2.32. The second-order valence-corrected chi connectivity index (χ2v) is 18.4. The van der Waals surface area contributed by atoms with Crippen LogP contribution in [0.5, 0.6) is 0 Å². The van der Waals surface area contributed by atoms with Crippen LogP contribution in [0.3, 0.4) is 0 Å². The van der Waals surface area contributed by atoms with Crippen LogP contribution in [0.2, 0.25) is 0 Å². The van der Waals surface area contributed by atoms with Crippen molar-refractivity contribution in [3.8, 4) is 69.7 Å². The molecule has 0 N–H and O–H groups in total. The minimum absolute atomic E-state index is 1.28. The van der Waals surface area contributed by atoms with Crippen LogP contribution in [-0.2, 0) is 0 Å². The standard InChI is InChI=1S/C44H26S6/c1-3-11-27(12-4-1)33-19-23-37(45-33)41-29-15-7-9-17-31(29)43(49-41)39-25-21-35(47-39)36-22-26-40(48-36)44-32-18-10-8-16-30(32)42(50-44)38-24-20-34(46-38)28-13-5-2-6-14-28/h1-26H. The summed E-state index contributed by atoms with van der Waals surface area (Å²) in [5.41, 5.74) is 2.55. The molecule has 0 aliphatic carbocycles. The molecule has 0 aliphatic rings. The van der Waals surface area contributed by atoms with Crippen LogP contribution in [-0.4, -0.2) is 0 Å². The Balaban J connectivity index is 0.987. The molecule has 0 nitrogen and oxygen atoms in total. The molecule has 0 fully saturated rings. The lowest BCUT2D eigenvalue weighted by molar-refractivity contribution is 1.70. The highest BCUT2D eigenvalue weighted by molar-refractivity contribution is 7.32. The molecule has 6 aromatic heterocycles. The molecule has 0 unspecified atom stereocenters. The van der Waals surface area contributed by atoms with Crippen LogP contribution >= 0.6 is 68.0 Å². The van der Waals surface area contributed by atoms with E-state index in [9.17, 15) is 0 Å². The van der Waals surface area contributed by atoms with E-state index in [-0.39, 0.29) is 0 Å². The van der Waals surface area contributed by atoms with Crippen molar-refractivity contribution < 1.29 is 0 Å². The molecule has 0 saturated heterocycles. The maximum atomic E-state index is 2.32. The molecule has 0 bridgehead atoms. The molecule has 238 valence electrons. The SMILES string of the molecule is c1ccc(-c2ccc(-c3sc(-c4ccc(-c5ccc(-c6sc(-c7ccc(-c8ccccc8)s7)c7ccccc67)s5)s4)c4ccccc34)s2)cc1. The summed E-state index contributed by atoms with van der Waals surface area (Å²) in [6.45, 7) is 0. The molecule has 0 aliphatic heterocycles. The Hall–Kier alpha value is -4.40. The minimum Gasteiger partial charge on any atom is -0.134 e. The Labute approximate surface area is 314 Å². The Bertz CT molecular complexity index is 2570. The molecule has 10 aromatic rings. The number of hydrogen-bond donors (Lipinski definition) is 0. The lowest BCUT2D eigenvalue weighted by atomic mass is 10.1. The lowest BCUT2D eigenvalue weighted by Crippen LogP contribution is -1.69. The summed E-state index contributed by atoms with van der Waals surface area (Å²) >= 11 is 11.4. The quantitative estimate of drug-likeness (QED) is 0.152. The predicted octanol–water partition coefficient (Wildman–Crippen LogP) is 16.0. The first-order valence-corrected chi connectivity index (χ1v) is 21.2. The van der Waals surface area contributed by atoms with Gasteiger partial charge in [0, 0.05) is 60.6 Å². The van der Waals surface area contributed by atoms with E-state index in [1.165, 1.54) is 91.2 Å². The Morgan fingerprint density at radius 2 is 0.460 bits per heavy atom. The van der Waals surface area contributed by atoms with Crippen molar-refractivity contribution in [1.29, 1.82) is 0 Å². The predicted molar refractivity (Wildman–Crippen MR) is 227 cm³/mol. The van der Waals surface area contributed by atoms with Gasteiger partial charge in [0.15, 0.2) is 0 Å². The first-order valence-electron chi connectivity index (χ1n) is 16.3. The van der Waals surface area contributed by atoms with E-state index in [0.29, 0.717) is 0 Å². The van der Waals surface area contributed by atoms with Gasteiger partial charge in [0.05, 0.1) is 19.5 Å². The normalized spacial score (nSPS) is 11.6. The maximum Gasteiger partial charge on any atom is 0.0528 e. The average molecular weight is 747 g/mol. The fraction of sp³-hybridized carbons (Fsp3) is 0. The number of fused-ring (bicyclic) bond motifs is 2. The Kier molecular flexibility index (Phi) is 7.75. The highest BCUT2D eigenvalue weighted by Gasteiger charge is 2.20. The Morgan fingerprint density at radius 1 is 0.200 bits per heavy atom. The molecule has 0 saturated carbocycles. The molecular weight excluding hydrogens is 721 g/mol. The van der Waals surface area contributed by atoms with Gasteiger partial charge in [-0.3, -0.25) is 0 Å². The monoisotopic (exact) mass is 746 g/mol. The fourth-order valence-electron chi connectivity index (χ4n) is 6.53. The smallest absolute Gasteiger partial charge is 0.0528 e. The third kappa shape index (κ3) is 5.35. The zero-order valence-corrected chi connectivity index (χ0v) is 31.4. The van der Waals surface area contributed by atoms with E-state index >= 15 is 0 Å². The summed E-state index contributed by atoms with van der Waals surface area (Å²) in [6, 6.07) is 57.6. The topological polar surface area (TPSA) is 0 Å². The molecular formula is C44H26S6. The summed E-state index contributed by atoms with van der Waals surface area (Å²) in [5, 5.41) is 5.35. The van der Waals surface area contributed by atoms with Gasteiger partial charge in [-0.2, -0.15) is 0 Å². The van der Waals surface area contributed by atoms with Gasteiger partial charge in [-0.15, -0.1) is 68.0 Å². The van der Waals surface area contributed by atoms with Gasteiger partial charge in [0.1, 0.15) is 0 Å². The number of benzene rings is 4. The van der Waals surface area contributed by atoms with Crippen LogP contribution in [0.25, 0.3) is 91.2 Å². The first kappa shape index (κ1) is 30.4. The second-order valence-electron chi connectivity index (χ2n) is 12.0. The zero-order chi connectivity index (χ0) is 33.0. The van der Waals surface area contributed by atoms with E-state index < -0.39 is 0 Å². The van der Waals surface area contributed by atoms with E-state index in [0.717, 1.165) is 0 Å². The van der Waals surface area contributed by atoms with Crippen molar-refractivity contribution in [3.63, 3.8) is 0 Å². The van der Waals surface area contributed by atoms with Gasteiger partial charge in [0.2, 0.25) is 0 Å². The third-order valence-corrected chi connectivity index (χ3v) is 16.7. The summed E-state index contributed by atoms with van der Waals surface area (Å²) in [6.07, 6.45) is 0. The zero-order valence-electron chi connectivity index (χ0n) is 26.5. The summed E-state index contributed by atoms with van der Waals surface area (Å²) in [4.78, 5) is 16.0. The number of hydrogen-bond acceptors (Lipinski definition) is 6. The molecule has 0 radical (unpaired) electrons. The molecule has 10 rings (SSSR count). The molecule has 50 heavy (non-hydrogen) atoms. The van der Waals surface area contributed by atoms with Gasteiger partial charge >= 0.3 is 0 Å². The van der Waals surface area contributed by atoms with Gasteiger partial charge in [-0.05, 0) is 59.7 Å². The molecule has 4 aromatic carbocycles. The van der Waals surface area contributed by atoms with Crippen molar-refractivity contribution in [2.24, 2.45) is 0 Å². The average Bonchev–Trinajstić information content (AvgIpc) is 4.02. The molecule has 6 heteroatoms. The van der Waals surface area contributed by atoms with Gasteiger partial charge in [-0.1, -0.05) is 109 Å². The molecule has 6 heterocycles. The van der Waals surface area contributed by atoms with Crippen molar-refractivity contribution in [1.82, 2.24) is 0 Å². The molecule has 0 spiro atoms. The van der Waals surface area contributed by atoms with E-state index in [1.54, 1.807) is 0 Å². The van der Waals surface area contributed by atoms with Crippen LogP contribution < -0.4 is 0 Å². The fourth-order valence-corrected chi connectivity index (χ4v) is 13.7. The van der Waals surface area contributed by atoms with E-state index in [4.69, 9.17) is 0 Å². The summed E-state index contributed by atoms with van der Waals surface area (Å²) in [5.74, 6) is 0. The van der Waals surface area contributed by atoms with Crippen molar-refractivity contribution in [2.45, 2.75) is 0 Å². The molecule has 0 atom stereocenters. The van der Waals surface area contributed by atoms with Gasteiger partial charge in [0.25, 0.3) is 0 Å². The second kappa shape index (κ2) is 12.7. The summed E-state index contributed by atoms with van der Waals surface area (Å²) in [7, 11) is 0. The highest BCUT2D eigenvalue weighted by atomic mass is 32.1.